The van der Waals surface area contributed by atoms with E-state index >= 15 is 0 Å². The van der Waals surface area contributed by atoms with Gasteiger partial charge in [-0.15, -0.1) is 0 Å². The minimum Gasteiger partial charge on any atom is -0.344 e. The highest BCUT2D eigenvalue weighted by atomic mass is 19.3. The van der Waals surface area contributed by atoms with Gasteiger partial charge in [0.15, 0.2) is 5.69 Å². The van der Waals surface area contributed by atoms with E-state index in [-0.39, 0.29) is 11.4 Å². The van der Waals surface area contributed by atoms with Crippen LogP contribution < -0.4 is 5.32 Å². The van der Waals surface area contributed by atoms with Crippen molar-refractivity contribution in [2.45, 2.75) is 5.92 Å². The minimum absolute atomic E-state index is 0.125. The smallest absolute Gasteiger partial charge is 0.306 e. The summed E-state index contributed by atoms with van der Waals surface area (Å²) in [7, 11) is 1.70. The average Bonchev–Trinajstić information content (AvgIpc) is 2.91. The fourth-order valence-corrected chi connectivity index (χ4v) is 2.33. The lowest BCUT2D eigenvalue weighted by atomic mass is 10.2. The molecule has 0 aliphatic heterocycles. The number of nitrogens with one attached hydrogen (secondary N) is 1. The van der Waals surface area contributed by atoms with Crippen molar-refractivity contribution in [3.8, 4) is 0 Å². The Morgan fingerprint density at radius 1 is 1.22 bits per heavy atom. The van der Waals surface area contributed by atoms with Crippen LogP contribution in [0.4, 0.5) is 8.78 Å². The van der Waals surface area contributed by atoms with E-state index in [0.29, 0.717) is 5.39 Å². The first-order valence-electron chi connectivity index (χ1n) is 6.98. The third-order valence-electron chi connectivity index (χ3n) is 3.48. The number of halogens is 2. The van der Waals surface area contributed by atoms with Gasteiger partial charge in [-0.3, -0.25) is 14.5 Å². The van der Waals surface area contributed by atoms with Gasteiger partial charge in [0.25, 0.3) is 5.91 Å². The van der Waals surface area contributed by atoms with Crippen molar-refractivity contribution < 1.29 is 13.6 Å². The molecule has 0 radical (unpaired) electrons. The molecule has 23 heavy (non-hydrogen) atoms. The van der Waals surface area contributed by atoms with Gasteiger partial charge in [0.2, 0.25) is 0 Å². The quantitative estimate of drug-likeness (QED) is 0.804. The molecule has 5 nitrogen and oxygen atoms in total. The van der Waals surface area contributed by atoms with Crippen LogP contribution in [0.5, 0.6) is 0 Å². The van der Waals surface area contributed by atoms with E-state index in [0.717, 1.165) is 5.52 Å². The summed E-state index contributed by atoms with van der Waals surface area (Å²) >= 11 is 0. The molecule has 3 rings (SSSR count). The number of benzene rings is 1. The highest BCUT2D eigenvalue weighted by Gasteiger charge is 2.34. The van der Waals surface area contributed by atoms with Crippen LogP contribution in [-0.4, -0.2) is 27.2 Å². The summed E-state index contributed by atoms with van der Waals surface area (Å²) in [5.74, 6) is -3.89. The first kappa shape index (κ1) is 15.1. The van der Waals surface area contributed by atoms with Crippen molar-refractivity contribution in [2.24, 2.45) is 7.05 Å². The van der Waals surface area contributed by atoms with Crippen LogP contribution in [0.25, 0.3) is 10.9 Å². The molecule has 0 spiro atoms. The molecular formula is C16H14F2N4O. The molecule has 2 aromatic heterocycles. The van der Waals surface area contributed by atoms with Crippen molar-refractivity contribution in [1.82, 2.24) is 20.1 Å². The predicted octanol–water partition coefficient (Wildman–Crippen LogP) is 2.49. The fourth-order valence-electron chi connectivity index (χ4n) is 2.33. The summed E-state index contributed by atoms with van der Waals surface area (Å²) in [6.07, 6.45) is 1.29. The second kappa shape index (κ2) is 5.75. The number of fused-ring (bicyclic) bond motifs is 1. The van der Waals surface area contributed by atoms with Gasteiger partial charge in [-0.05, 0) is 18.2 Å². The molecule has 1 aromatic carbocycles. The summed E-state index contributed by atoms with van der Waals surface area (Å²) < 4.78 is 29.6. The maximum absolute atomic E-state index is 14.0. The molecule has 1 N–H and O–H groups in total. The molecule has 0 bridgehead atoms. The fraction of sp³-hybridized carbons (Fsp3) is 0.188. The van der Waals surface area contributed by atoms with Crippen LogP contribution >= 0.6 is 0 Å². The second-order valence-corrected chi connectivity index (χ2v) is 5.09. The molecule has 0 aliphatic rings. The molecule has 0 saturated carbocycles. The molecule has 0 aliphatic carbocycles. The number of rotatable bonds is 4. The van der Waals surface area contributed by atoms with E-state index in [1.165, 1.54) is 18.3 Å². The minimum atomic E-state index is -3.25. The van der Waals surface area contributed by atoms with E-state index in [9.17, 15) is 13.6 Å². The Hall–Kier alpha value is -2.83. The Morgan fingerprint density at radius 3 is 2.70 bits per heavy atom. The van der Waals surface area contributed by atoms with E-state index in [4.69, 9.17) is 0 Å². The average molecular weight is 316 g/mol. The SMILES string of the molecule is Cn1nc(C(=O)NCC(F)(F)c2ccccn2)c2ccccc21. The summed E-state index contributed by atoms with van der Waals surface area (Å²) in [6.45, 7) is -0.840. The third-order valence-corrected chi connectivity index (χ3v) is 3.48. The summed E-state index contributed by atoms with van der Waals surface area (Å²) in [6, 6.07) is 11.4. The number of para-hydroxylation sites is 1. The van der Waals surface area contributed by atoms with Crippen molar-refractivity contribution in [3.05, 3.63) is 60.0 Å². The summed E-state index contributed by atoms with van der Waals surface area (Å²) in [5.41, 5.74) is 0.500. The molecule has 2 heterocycles. The van der Waals surface area contributed by atoms with Gasteiger partial charge in [0.1, 0.15) is 5.69 Å². The lowest BCUT2D eigenvalue weighted by molar-refractivity contribution is -0.00679. The van der Waals surface area contributed by atoms with Crippen molar-refractivity contribution >= 4 is 16.8 Å². The number of carbonyl (C=O) groups excluding carboxylic acids is 1. The maximum atomic E-state index is 14.0. The van der Waals surface area contributed by atoms with E-state index < -0.39 is 18.4 Å². The molecule has 1 amide bonds. The molecule has 0 atom stereocenters. The highest BCUT2D eigenvalue weighted by molar-refractivity contribution is 6.04. The third kappa shape index (κ3) is 2.90. The normalized spacial score (nSPS) is 11.6. The maximum Gasteiger partial charge on any atom is 0.306 e. The van der Waals surface area contributed by atoms with Crippen molar-refractivity contribution in [2.75, 3.05) is 6.54 Å². The molecule has 0 fully saturated rings. The number of aryl methyl sites for hydroxylation is 1. The first-order valence-corrected chi connectivity index (χ1v) is 6.98. The van der Waals surface area contributed by atoms with Gasteiger partial charge in [-0.2, -0.15) is 13.9 Å². The topological polar surface area (TPSA) is 59.8 Å². The Kier molecular flexibility index (Phi) is 3.77. The zero-order chi connectivity index (χ0) is 16.4. The number of nitrogens with zero attached hydrogens (tertiary/aromatic N) is 3. The molecule has 3 aromatic rings. The van der Waals surface area contributed by atoms with Gasteiger partial charge in [0, 0.05) is 18.6 Å². The van der Waals surface area contributed by atoms with Crippen molar-refractivity contribution in [3.63, 3.8) is 0 Å². The number of amides is 1. The van der Waals surface area contributed by atoms with Crippen LogP contribution in [-0.2, 0) is 13.0 Å². The summed E-state index contributed by atoms with van der Waals surface area (Å²) in [4.78, 5) is 15.8. The Bertz CT molecular complexity index is 846. The molecule has 0 saturated heterocycles. The van der Waals surface area contributed by atoms with Crippen LogP contribution in [0.1, 0.15) is 16.2 Å². The number of pyridine rings is 1. The standard InChI is InChI=1S/C16H14F2N4O/c1-22-12-7-3-2-6-11(12)14(21-22)15(23)20-10-16(17,18)13-8-4-5-9-19-13/h2-9H,10H2,1H3,(H,20,23). The van der Waals surface area contributed by atoms with Crippen LogP contribution in [0.15, 0.2) is 48.7 Å². The number of alkyl halides is 2. The van der Waals surface area contributed by atoms with Crippen LogP contribution in [0.2, 0.25) is 0 Å². The molecule has 0 unspecified atom stereocenters. The molecule has 118 valence electrons. The Morgan fingerprint density at radius 2 is 1.96 bits per heavy atom. The zero-order valence-electron chi connectivity index (χ0n) is 12.3. The van der Waals surface area contributed by atoms with Gasteiger partial charge >= 0.3 is 5.92 Å². The van der Waals surface area contributed by atoms with Crippen LogP contribution in [0.3, 0.4) is 0 Å². The number of aromatic nitrogens is 3. The van der Waals surface area contributed by atoms with Gasteiger partial charge in [0.05, 0.1) is 12.1 Å². The van der Waals surface area contributed by atoms with Crippen LogP contribution in [0, 0.1) is 0 Å². The van der Waals surface area contributed by atoms with E-state index in [1.54, 1.807) is 29.9 Å². The lowest BCUT2D eigenvalue weighted by Crippen LogP contribution is -2.35. The van der Waals surface area contributed by atoms with Crippen molar-refractivity contribution in [1.29, 1.82) is 0 Å². The van der Waals surface area contributed by atoms with Gasteiger partial charge < -0.3 is 5.32 Å². The van der Waals surface area contributed by atoms with E-state index in [1.807, 2.05) is 12.1 Å². The Balaban J connectivity index is 1.79. The number of hydrogen-bond acceptors (Lipinski definition) is 3. The zero-order valence-corrected chi connectivity index (χ0v) is 12.3. The largest absolute Gasteiger partial charge is 0.344 e. The molecule has 7 heteroatoms. The van der Waals surface area contributed by atoms with Gasteiger partial charge in [-0.1, -0.05) is 24.3 Å². The Labute approximate surface area is 130 Å². The lowest BCUT2D eigenvalue weighted by Gasteiger charge is -2.15. The number of carbonyl (C=O) groups is 1. The molecular weight excluding hydrogens is 302 g/mol. The summed E-state index contributed by atoms with van der Waals surface area (Å²) in [5, 5.41) is 6.96. The monoisotopic (exact) mass is 316 g/mol. The highest BCUT2D eigenvalue weighted by Crippen LogP contribution is 2.25. The number of hydrogen-bond donors (Lipinski definition) is 1. The second-order valence-electron chi connectivity index (χ2n) is 5.09. The van der Waals surface area contributed by atoms with Gasteiger partial charge in [-0.25, -0.2) is 0 Å². The van der Waals surface area contributed by atoms with E-state index in [2.05, 4.69) is 15.4 Å². The predicted molar refractivity (Wildman–Crippen MR) is 81.2 cm³/mol. The first-order chi connectivity index (χ1) is 11.0.